The van der Waals surface area contributed by atoms with Gasteiger partial charge in [0.25, 0.3) is 0 Å². The van der Waals surface area contributed by atoms with Gasteiger partial charge < -0.3 is 10.2 Å². The first-order chi connectivity index (χ1) is 8.20. The van der Waals surface area contributed by atoms with Crippen LogP contribution in [-0.2, 0) is 0 Å². The Kier molecular flexibility index (Phi) is 4.24. The molecule has 0 bridgehead atoms. The number of benzene rings is 1. The summed E-state index contributed by atoms with van der Waals surface area (Å²) in [5, 5.41) is 3.64. The highest BCUT2D eigenvalue weighted by molar-refractivity contribution is 6.30. The number of piperidine rings is 1. The first-order valence-electron chi connectivity index (χ1n) is 6.14. The lowest BCUT2D eigenvalue weighted by Crippen LogP contribution is -2.45. The van der Waals surface area contributed by atoms with Crippen molar-refractivity contribution in [2.75, 3.05) is 24.5 Å². The van der Waals surface area contributed by atoms with Crippen LogP contribution in [0.1, 0.15) is 19.8 Å². The van der Waals surface area contributed by atoms with Crippen LogP contribution in [0.25, 0.3) is 0 Å². The minimum Gasteiger partial charge on any atom is -0.370 e. The van der Waals surface area contributed by atoms with Crippen molar-refractivity contribution in [3.63, 3.8) is 0 Å². The van der Waals surface area contributed by atoms with E-state index in [0.29, 0.717) is 6.04 Å². The van der Waals surface area contributed by atoms with Crippen LogP contribution in [-0.4, -0.2) is 25.7 Å². The molecular formula is C13H18ClFN2. The maximum absolute atomic E-state index is 13.4. The quantitative estimate of drug-likeness (QED) is 0.894. The Balaban J connectivity index is 2.08. The third-order valence-corrected chi connectivity index (χ3v) is 3.49. The van der Waals surface area contributed by atoms with E-state index in [9.17, 15) is 4.39 Å². The van der Waals surface area contributed by atoms with Crippen LogP contribution in [0.4, 0.5) is 10.1 Å². The summed E-state index contributed by atoms with van der Waals surface area (Å²) in [5.74, 6) is -0.338. The molecule has 1 aliphatic heterocycles. The summed E-state index contributed by atoms with van der Waals surface area (Å²) in [4.78, 5) is 2.22. The Morgan fingerprint density at radius 3 is 3.06 bits per heavy atom. The standard InChI is InChI=1S/C13H18ClFN2/c1-2-16-10-4-3-7-17(9-10)11-5-6-12(14)13(15)8-11/h5-6,8,10,16H,2-4,7,9H2,1H3. The molecule has 1 unspecified atom stereocenters. The van der Waals surface area contributed by atoms with Gasteiger partial charge in [0.05, 0.1) is 5.02 Å². The Morgan fingerprint density at radius 2 is 2.35 bits per heavy atom. The summed E-state index contributed by atoms with van der Waals surface area (Å²) in [7, 11) is 0. The predicted molar refractivity (Wildman–Crippen MR) is 70.3 cm³/mol. The topological polar surface area (TPSA) is 15.3 Å². The summed E-state index contributed by atoms with van der Waals surface area (Å²) in [5.41, 5.74) is 0.925. The zero-order chi connectivity index (χ0) is 12.3. The number of hydrogen-bond donors (Lipinski definition) is 1. The molecule has 94 valence electrons. The maximum Gasteiger partial charge on any atom is 0.143 e. The molecule has 1 aromatic carbocycles. The summed E-state index contributed by atoms with van der Waals surface area (Å²) < 4.78 is 13.4. The van der Waals surface area contributed by atoms with E-state index in [2.05, 4.69) is 17.1 Å². The molecule has 4 heteroatoms. The number of nitrogens with one attached hydrogen (secondary N) is 1. The first kappa shape index (κ1) is 12.7. The SMILES string of the molecule is CCNC1CCCN(c2ccc(Cl)c(F)c2)C1. The molecule has 1 heterocycles. The van der Waals surface area contributed by atoms with Crippen LogP contribution < -0.4 is 10.2 Å². The number of anilines is 1. The Labute approximate surface area is 107 Å². The minimum atomic E-state index is -0.338. The van der Waals surface area contributed by atoms with Crippen molar-refractivity contribution in [1.82, 2.24) is 5.32 Å². The van der Waals surface area contributed by atoms with E-state index in [0.717, 1.165) is 31.7 Å². The number of likely N-dealkylation sites (N-methyl/N-ethyl adjacent to an activating group) is 1. The second-order valence-electron chi connectivity index (χ2n) is 4.44. The van der Waals surface area contributed by atoms with Gasteiger partial charge in [0.2, 0.25) is 0 Å². The van der Waals surface area contributed by atoms with Gasteiger partial charge in [0.1, 0.15) is 5.82 Å². The van der Waals surface area contributed by atoms with Crippen molar-refractivity contribution in [3.05, 3.63) is 29.0 Å². The van der Waals surface area contributed by atoms with Gasteiger partial charge in [-0.25, -0.2) is 4.39 Å². The summed E-state index contributed by atoms with van der Waals surface area (Å²) in [6.07, 6.45) is 2.34. The third-order valence-electron chi connectivity index (χ3n) is 3.18. The molecule has 0 aromatic heterocycles. The Bertz CT molecular complexity index is 382. The van der Waals surface area contributed by atoms with Gasteiger partial charge in [0, 0.05) is 24.8 Å². The van der Waals surface area contributed by atoms with Crippen molar-refractivity contribution >= 4 is 17.3 Å². The highest BCUT2D eigenvalue weighted by Crippen LogP contribution is 2.24. The molecule has 0 radical (unpaired) electrons. The predicted octanol–water partition coefficient (Wildman–Crippen LogP) is 3.06. The monoisotopic (exact) mass is 256 g/mol. The van der Waals surface area contributed by atoms with Gasteiger partial charge in [-0.05, 0) is 37.6 Å². The molecule has 0 amide bonds. The second kappa shape index (κ2) is 5.69. The molecule has 1 saturated heterocycles. The minimum absolute atomic E-state index is 0.189. The zero-order valence-corrected chi connectivity index (χ0v) is 10.8. The van der Waals surface area contributed by atoms with Crippen molar-refractivity contribution in [3.8, 4) is 0 Å². The lowest BCUT2D eigenvalue weighted by molar-refractivity contribution is 0.431. The molecule has 0 spiro atoms. The molecule has 1 atom stereocenters. The molecule has 1 N–H and O–H groups in total. The lowest BCUT2D eigenvalue weighted by Gasteiger charge is -2.34. The van der Waals surface area contributed by atoms with Gasteiger partial charge in [-0.1, -0.05) is 18.5 Å². The van der Waals surface area contributed by atoms with Crippen LogP contribution in [0.3, 0.4) is 0 Å². The molecule has 0 aliphatic carbocycles. The van der Waals surface area contributed by atoms with E-state index < -0.39 is 0 Å². The zero-order valence-electron chi connectivity index (χ0n) is 10.0. The van der Waals surface area contributed by atoms with Gasteiger partial charge in [-0.3, -0.25) is 0 Å². The summed E-state index contributed by atoms with van der Waals surface area (Å²) >= 11 is 5.69. The Morgan fingerprint density at radius 1 is 1.53 bits per heavy atom. The smallest absolute Gasteiger partial charge is 0.143 e. The molecule has 0 saturated carbocycles. The fraction of sp³-hybridized carbons (Fsp3) is 0.538. The molecule has 1 aliphatic rings. The first-order valence-corrected chi connectivity index (χ1v) is 6.52. The molecule has 17 heavy (non-hydrogen) atoms. The van der Waals surface area contributed by atoms with Crippen LogP contribution in [0, 0.1) is 5.82 Å². The lowest BCUT2D eigenvalue weighted by atomic mass is 10.0. The van der Waals surface area contributed by atoms with E-state index in [4.69, 9.17) is 11.6 Å². The summed E-state index contributed by atoms with van der Waals surface area (Å²) in [6, 6.07) is 5.55. The number of nitrogens with zero attached hydrogens (tertiary/aromatic N) is 1. The second-order valence-corrected chi connectivity index (χ2v) is 4.85. The van der Waals surface area contributed by atoms with E-state index in [-0.39, 0.29) is 10.8 Å². The van der Waals surface area contributed by atoms with E-state index in [1.807, 2.05) is 6.07 Å². The van der Waals surface area contributed by atoms with Gasteiger partial charge in [-0.15, -0.1) is 0 Å². The van der Waals surface area contributed by atoms with Crippen LogP contribution in [0.5, 0.6) is 0 Å². The van der Waals surface area contributed by atoms with Crippen LogP contribution in [0.2, 0.25) is 5.02 Å². The average Bonchev–Trinajstić information content (AvgIpc) is 2.33. The normalized spacial score (nSPS) is 20.6. The highest BCUT2D eigenvalue weighted by Gasteiger charge is 2.19. The Hall–Kier alpha value is -0.800. The van der Waals surface area contributed by atoms with E-state index in [1.54, 1.807) is 6.07 Å². The number of rotatable bonds is 3. The van der Waals surface area contributed by atoms with E-state index in [1.165, 1.54) is 12.5 Å². The number of hydrogen-bond acceptors (Lipinski definition) is 2. The third kappa shape index (κ3) is 3.11. The van der Waals surface area contributed by atoms with Crippen molar-refractivity contribution in [2.45, 2.75) is 25.8 Å². The van der Waals surface area contributed by atoms with Gasteiger partial charge >= 0.3 is 0 Å². The van der Waals surface area contributed by atoms with Crippen molar-refractivity contribution < 1.29 is 4.39 Å². The summed E-state index contributed by atoms with van der Waals surface area (Å²) in [6.45, 7) is 5.02. The molecule has 1 fully saturated rings. The highest BCUT2D eigenvalue weighted by atomic mass is 35.5. The molecule has 1 aromatic rings. The molecule has 2 nitrogen and oxygen atoms in total. The maximum atomic E-state index is 13.4. The fourth-order valence-corrected chi connectivity index (χ4v) is 2.47. The average molecular weight is 257 g/mol. The molecular weight excluding hydrogens is 239 g/mol. The number of halogens is 2. The largest absolute Gasteiger partial charge is 0.370 e. The molecule has 2 rings (SSSR count). The van der Waals surface area contributed by atoms with Gasteiger partial charge in [0.15, 0.2) is 0 Å². The fourth-order valence-electron chi connectivity index (χ4n) is 2.35. The van der Waals surface area contributed by atoms with Gasteiger partial charge in [-0.2, -0.15) is 0 Å². The van der Waals surface area contributed by atoms with Crippen LogP contribution in [0.15, 0.2) is 18.2 Å². The van der Waals surface area contributed by atoms with Crippen molar-refractivity contribution in [1.29, 1.82) is 0 Å². The van der Waals surface area contributed by atoms with E-state index >= 15 is 0 Å². The van der Waals surface area contributed by atoms with Crippen LogP contribution >= 0.6 is 11.6 Å². The van der Waals surface area contributed by atoms with Crippen molar-refractivity contribution in [2.24, 2.45) is 0 Å².